The van der Waals surface area contributed by atoms with Crippen molar-refractivity contribution in [1.29, 1.82) is 0 Å². The fraction of sp³-hybridized carbons (Fsp3) is 0.435. The van der Waals surface area contributed by atoms with Crippen molar-refractivity contribution < 1.29 is 4.79 Å². The highest BCUT2D eigenvalue weighted by molar-refractivity contribution is 7.99. The fourth-order valence-electron chi connectivity index (χ4n) is 4.29. The van der Waals surface area contributed by atoms with Crippen LogP contribution in [0.5, 0.6) is 0 Å². The molecule has 0 bridgehead atoms. The molecular formula is C23H26N4O2S. The van der Waals surface area contributed by atoms with Gasteiger partial charge in [-0.1, -0.05) is 61.4 Å². The number of H-pyrrole nitrogens is 1. The Bertz CT molecular complexity index is 1110. The smallest absolute Gasteiger partial charge is 0.278 e. The first kappa shape index (κ1) is 19.4. The highest BCUT2D eigenvalue weighted by atomic mass is 32.2. The van der Waals surface area contributed by atoms with E-state index >= 15 is 0 Å². The molecule has 0 atom stereocenters. The van der Waals surface area contributed by atoms with Gasteiger partial charge in [-0.25, -0.2) is 4.98 Å². The Morgan fingerprint density at radius 1 is 1.13 bits per heavy atom. The number of hydrogen-bond donors (Lipinski definition) is 2. The molecular weight excluding hydrogens is 396 g/mol. The Balaban J connectivity index is 1.43. The van der Waals surface area contributed by atoms with Gasteiger partial charge in [0.2, 0.25) is 5.91 Å². The zero-order valence-electron chi connectivity index (χ0n) is 16.9. The number of nitrogens with zero attached hydrogens (tertiary/aromatic N) is 2. The van der Waals surface area contributed by atoms with Gasteiger partial charge in [0.15, 0.2) is 5.16 Å². The maximum Gasteiger partial charge on any atom is 0.278 e. The van der Waals surface area contributed by atoms with E-state index in [9.17, 15) is 9.59 Å². The molecule has 2 fully saturated rings. The summed E-state index contributed by atoms with van der Waals surface area (Å²) in [6, 6.07) is 10.4. The number of thioether (sulfide) groups is 1. The summed E-state index contributed by atoms with van der Waals surface area (Å²) in [7, 11) is 0. The molecule has 6 nitrogen and oxygen atoms in total. The lowest BCUT2D eigenvalue weighted by atomic mass is 9.95. The van der Waals surface area contributed by atoms with Gasteiger partial charge in [0.05, 0.1) is 5.75 Å². The van der Waals surface area contributed by atoms with Crippen LogP contribution in [0.25, 0.3) is 22.2 Å². The van der Waals surface area contributed by atoms with E-state index in [4.69, 9.17) is 4.98 Å². The Kier molecular flexibility index (Phi) is 5.37. The first-order valence-electron chi connectivity index (χ1n) is 10.8. The van der Waals surface area contributed by atoms with Gasteiger partial charge < -0.3 is 10.3 Å². The minimum Gasteiger partial charge on any atom is -0.355 e. The van der Waals surface area contributed by atoms with Crippen LogP contribution in [0.15, 0.2) is 46.5 Å². The largest absolute Gasteiger partial charge is 0.355 e. The number of carbonyl (C=O) groups excluding carboxylic acids is 1. The molecule has 0 aliphatic heterocycles. The summed E-state index contributed by atoms with van der Waals surface area (Å²) in [6.07, 6.45) is 9.60. The predicted octanol–water partition coefficient (Wildman–Crippen LogP) is 4.27. The molecule has 30 heavy (non-hydrogen) atoms. The molecule has 1 aromatic carbocycles. The van der Waals surface area contributed by atoms with Crippen LogP contribution in [-0.4, -0.2) is 32.2 Å². The van der Waals surface area contributed by atoms with Gasteiger partial charge in [-0.05, 0) is 31.2 Å². The van der Waals surface area contributed by atoms with Crippen molar-refractivity contribution in [3.8, 4) is 11.1 Å². The molecule has 2 heterocycles. The summed E-state index contributed by atoms with van der Waals surface area (Å²) in [4.78, 5) is 33.7. The summed E-state index contributed by atoms with van der Waals surface area (Å²) in [5.74, 6) is 0.313. The molecule has 2 aliphatic carbocycles. The third-order valence-corrected chi connectivity index (χ3v) is 6.95. The van der Waals surface area contributed by atoms with E-state index in [-0.39, 0.29) is 23.3 Å². The number of hydrogen-bond acceptors (Lipinski definition) is 4. The van der Waals surface area contributed by atoms with Crippen LogP contribution < -0.4 is 10.9 Å². The highest BCUT2D eigenvalue weighted by Crippen LogP contribution is 2.37. The summed E-state index contributed by atoms with van der Waals surface area (Å²) >= 11 is 1.37. The number of aromatic nitrogens is 3. The van der Waals surface area contributed by atoms with Crippen LogP contribution in [-0.2, 0) is 4.79 Å². The van der Waals surface area contributed by atoms with Crippen molar-refractivity contribution in [2.45, 2.75) is 62.2 Å². The number of carbonyl (C=O) groups is 1. The van der Waals surface area contributed by atoms with Crippen molar-refractivity contribution in [1.82, 2.24) is 19.9 Å². The Morgan fingerprint density at radius 2 is 1.90 bits per heavy atom. The molecule has 2 saturated carbocycles. The van der Waals surface area contributed by atoms with Gasteiger partial charge in [-0.15, -0.1) is 0 Å². The van der Waals surface area contributed by atoms with E-state index in [1.54, 1.807) is 4.57 Å². The van der Waals surface area contributed by atoms with Crippen LogP contribution in [0.3, 0.4) is 0 Å². The van der Waals surface area contributed by atoms with E-state index in [2.05, 4.69) is 10.3 Å². The zero-order chi connectivity index (χ0) is 20.5. The Hall–Kier alpha value is -2.54. The third kappa shape index (κ3) is 3.90. The first-order valence-corrected chi connectivity index (χ1v) is 11.8. The fourth-order valence-corrected chi connectivity index (χ4v) is 5.16. The van der Waals surface area contributed by atoms with E-state index < -0.39 is 0 Å². The summed E-state index contributed by atoms with van der Waals surface area (Å²) in [5.41, 5.74) is 3.11. The number of nitrogens with one attached hydrogen (secondary N) is 2. The Labute approximate surface area is 179 Å². The van der Waals surface area contributed by atoms with Crippen molar-refractivity contribution >= 4 is 28.7 Å². The quantitative estimate of drug-likeness (QED) is 0.459. The van der Waals surface area contributed by atoms with Gasteiger partial charge >= 0.3 is 0 Å². The number of aromatic amines is 1. The second-order valence-electron chi connectivity index (χ2n) is 8.28. The number of benzene rings is 1. The first-order chi connectivity index (χ1) is 14.7. The zero-order valence-corrected chi connectivity index (χ0v) is 17.7. The van der Waals surface area contributed by atoms with Crippen LogP contribution in [0, 0.1) is 0 Å². The van der Waals surface area contributed by atoms with Crippen LogP contribution >= 0.6 is 11.8 Å². The SMILES string of the molecule is O=C(CSc1nc2c(-c3ccccc3)c[nH]c2c(=O)n1C1CC1)NC1CCCCC1. The van der Waals surface area contributed by atoms with Gasteiger partial charge in [-0.2, -0.15) is 0 Å². The van der Waals surface area contributed by atoms with E-state index in [1.807, 2.05) is 36.5 Å². The van der Waals surface area contributed by atoms with Crippen molar-refractivity contribution in [3.63, 3.8) is 0 Å². The summed E-state index contributed by atoms with van der Waals surface area (Å²) < 4.78 is 1.78. The minimum absolute atomic E-state index is 0.0287. The van der Waals surface area contributed by atoms with Crippen LogP contribution in [0.1, 0.15) is 51.0 Å². The second kappa shape index (κ2) is 8.30. The number of rotatable bonds is 6. The van der Waals surface area contributed by atoms with E-state index in [0.29, 0.717) is 22.2 Å². The average molecular weight is 423 g/mol. The lowest BCUT2D eigenvalue weighted by Crippen LogP contribution is -2.37. The van der Waals surface area contributed by atoms with E-state index in [0.717, 1.165) is 36.8 Å². The van der Waals surface area contributed by atoms with Crippen molar-refractivity contribution in [3.05, 3.63) is 46.9 Å². The molecule has 2 N–H and O–H groups in total. The molecule has 1 amide bonds. The maximum absolute atomic E-state index is 13.2. The molecule has 156 valence electrons. The van der Waals surface area contributed by atoms with E-state index in [1.165, 1.54) is 31.0 Å². The number of amides is 1. The molecule has 5 rings (SSSR count). The molecule has 2 aromatic heterocycles. The second-order valence-corrected chi connectivity index (χ2v) is 9.23. The van der Waals surface area contributed by atoms with Crippen LogP contribution in [0.2, 0.25) is 0 Å². The molecule has 0 unspecified atom stereocenters. The molecule has 0 spiro atoms. The minimum atomic E-state index is -0.0418. The topological polar surface area (TPSA) is 79.8 Å². The lowest BCUT2D eigenvalue weighted by Gasteiger charge is -2.22. The molecule has 2 aliphatic rings. The van der Waals surface area contributed by atoms with Gasteiger partial charge in [0, 0.05) is 23.8 Å². The Morgan fingerprint density at radius 3 is 2.63 bits per heavy atom. The van der Waals surface area contributed by atoms with Gasteiger partial charge in [0.1, 0.15) is 11.0 Å². The predicted molar refractivity (Wildman–Crippen MR) is 120 cm³/mol. The van der Waals surface area contributed by atoms with Crippen molar-refractivity contribution in [2.75, 3.05) is 5.75 Å². The monoisotopic (exact) mass is 422 g/mol. The number of fused-ring (bicyclic) bond motifs is 1. The highest BCUT2D eigenvalue weighted by Gasteiger charge is 2.30. The summed E-state index contributed by atoms with van der Waals surface area (Å²) in [6.45, 7) is 0. The lowest BCUT2D eigenvalue weighted by molar-refractivity contribution is -0.119. The van der Waals surface area contributed by atoms with Crippen LogP contribution in [0.4, 0.5) is 0 Å². The maximum atomic E-state index is 13.2. The molecule has 7 heteroatoms. The average Bonchev–Trinajstić information content (AvgIpc) is 3.51. The third-order valence-electron chi connectivity index (χ3n) is 6.00. The van der Waals surface area contributed by atoms with Gasteiger partial charge in [-0.3, -0.25) is 14.2 Å². The van der Waals surface area contributed by atoms with Gasteiger partial charge in [0.25, 0.3) is 5.56 Å². The normalized spacial score (nSPS) is 17.3. The molecule has 0 saturated heterocycles. The molecule has 0 radical (unpaired) electrons. The molecule has 3 aromatic rings. The standard InChI is InChI=1S/C23H26N4O2S/c28-19(25-16-9-5-2-6-10-16)14-30-23-26-20-18(15-7-3-1-4-8-15)13-24-21(20)22(29)27(23)17-11-12-17/h1,3-4,7-8,13,16-17,24H,2,5-6,9-12,14H2,(H,25,28). The summed E-state index contributed by atoms with van der Waals surface area (Å²) in [5, 5.41) is 3.80. The van der Waals surface area contributed by atoms with Crippen molar-refractivity contribution in [2.24, 2.45) is 0 Å².